The molecule has 13 nitrogen and oxygen atoms in total. The topological polar surface area (TPSA) is 163 Å². The lowest BCUT2D eigenvalue weighted by Gasteiger charge is -2.33. The second-order valence-corrected chi connectivity index (χ2v) is 10.1. The molecule has 2 atom stereocenters. The van der Waals surface area contributed by atoms with Gasteiger partial charge in [0.25, 0.3) is 5.91 Å². The summed E-state index contributed by atoms with van der Waals surface area (Å²) in [6.07, 6.45) is 6.76. The highest BCUT2D eigenvalue weighted by molar-refractivity contribution is 5.93. The van der Waals surface area contributed by atoms with E-state index in [1.165, 1.54) is 0 Å². The van der Waals surface area contributed by atoms with Gasteiger partial charge in [0, 0.05) is 57.3 Å². The minimum Gasteiger partial charge on any atom is -0.489 e. The fraction of sp³-hybridized carbons (Fsp3) is 0.519. The summed E-state index contributed by atoms with van der Waals surface area (Å²) in [7, 11) is 3.50. The van der Waals surface area contributed by atoms with Gasteiger partial charge in [0.1, 0.15) is 17.6 Å². The monoisotopic (exact) mass is 554 g/mol. The zero-order valence-electron chi connectivity index (χ0n) is 23.4. The number of aliphatic hydroxyl groups excluding tert-OH is 1. The molecular formula is C27H38N8O5. The normalized spacial score (nSPS) is 15.5. The summed E-state index contributed by atoms with van der Waals surface area (Å²) in [5.74, 6) is 1.39. The molecule has 4 rings (SSSR count). The first-order valence-electron chi connectivity index (χ1n) is 13.3. The molecule has 0 aliphatic carbocycles. The zero-order chi connectivity index (χ0) is 28.6. The van der Waals surface area contributed by atoms with Crippen LogP contribution in [0.2, 0.25) is 0 Å². The number of aliphatic hydroxyl groups is 1. The zero-order valence-corrected chi connectivity index (χ0v) is 23.4. The lowest BCUT2D eigenvalue weighted by atomic mass is 9.98. The van der Waals surface area contributed by atoms with Crippen LogP contribution in [0, 0.1) is 5.92 Å². The number of nitrogens with one attached hydrogen (secondary N) is 1. The molecule has 13 heteroatoms. The van der Waals surface area contributed by atoms with Gasteiger partial charge in [-0.1, -0.05) is 0 Å². The first kappa shape index (κ1) is 29.0. The Morgan fingerprint density at radius 3 is 2.67 bits per heavy atom. The summed E-state index contributed by atoms with van der Waals surface area (Å²) in [6, 6.07) is 3.22. The largest absolute Gasteiger partial charge is 0.489 e. The van der Waals surface area contributed by atoms with Crippen LogP contribution in [-0.4, -0.2) is 87.7 Å². The van der Waals surface area contributed by atoms with Crippen molar-refractivity contribution in [3.05, 3.63) is 36.5 Å². The quantitative estimate of drug-likeness (QED) is 0.298. The molecular weight excluding hydrogens is 516 g/mol. The fourth-order valence-corrected chi connectivity index (χ4v) is 4.35. The third-order valence-corrected chi connectivity index (χ3v) is 6.58. The lowest BCUT2D eigenvalue weighted by Crippen LogP contribution is -2.38. The number of nitrogen functional groups attached to an aromatic ring is 1. The van der Waals surface area contributed by atoms with Gasteiger partial charge in [0.05, 0.1) is 31.8 Å². The number of hydrogen-bond donors (Lipinski definition) is 3. The molecule has 3 aromatic rings. The molecule has 3 aromatic heterocycles. The van der Waals surface area contributed by atoms with E-state index < -0.39 is 11.9 Å². The Morgan fingerprint density at radius 1 is 1.23 bits per heavy atom. The van der Waals surface area contributed by atoms with Gasteiger partial charge in [0.2, 0.25) is 0 Å². The van der Waals surface area contributed by atoms with Crippen LogP contribution in [0.1, 0.15) is 37.2 Å². The average Bonchev–Trinajstić information content (AvgIpc) is 3.38. The van der Waals surface area contributed by atoms with Crippen molar-refractivity contribution >= 4 is 17.5 Å². The Bertz CT molecular complexity index is 1280. The minimum atomic E-state index is -0.410. The van der Waals surface area contributed by atoms with E-state index >= 15 is 0 Å². The predicted octanol–water partition coefficient (Wildman–Crippen LogP) is 1.67. The van der Waals surface area contributed by atoms with E-state index in [0.717, 1.165) is 24.1 Å². The highest BCUT2D eigenvalue weighted by Crippen LogP contribution is 2.29. The van der Waals surface area contributed by atoms with Crippen molar-refractivity contribution in [2.24, 2.45) is 13.0 Å². The van der Waals surface area contributed by atoms with E-state index in [9.17, 15) is 9.90 Å². The first-order valence-corrected chi connectivity index (χ1v) is 13.3. The van der Waals surface area contributed by atoms with Crippen molar-refractivity contribution in [1.82, 2.24) is 29.8 Å². The van der Waals surface area contributed by atoms with Crippen molar-refractivity contribution in [3.63, 3.8) is 0 Å². The van der Waals surface area contributed by atoms with E-state index in [2.05, 4.69) is 30.2 Å². The van der Waals surface area contributed by atoms with E-state index in [0.29, 0.717) is 49.6 Å². The number of rotatable bonds is 12. The van der Waals surface area contributed by atoms with Crippen LogP contribution >= 0.6 is 0 Å². The van der Waals surface area contributed by atoms with Crippen molar-refractivity contribution in [3.8, 4) is 23.0 Å². The number of ether oxygens (including phenoxy) is 3. The molecule has 0 saturated carbocycles. The maximum Gasteiger partial charge on any atom is 0.319 e. The van der Waals surface area contributed by atoms with Crippen LogP contribution in [0.5, 0.6) is 11.8 Å². The summed E-state index contributed by atoms with van der Waals surface area (Å²) in [4.78, 5) is 32.4. The molecule has 1 aliphatic heterocycles. The van der Waals surface area contributed by atoms with E-state index in [4.69, 9.17) is 19.9 Å². The van der Waals surface area contributed by atoms with Gasteiger partial charge in [0.15, 0.2) is 11.6 Å². The van der Waals surface area contributed by atoms with Gasteiger partial charge >= 0.3 is 6.01 Å². The van der Waals surface area contributed by atoms with Crippen LogP contribution in [0.15, 0.2) is 30.9 Å². The number of aryl methyl sites for hydroxylation is 1. The van der Waals surface area contributed by atoms with E-state index in [1.54, 1.807) is 32.6 Å². The summed E-state index contributed by atoms with van der Waals surface area (Å²) in [5.41, 5.74) is 7.90. The van der Waals surface area contributed by atoms with E-state index in [-0.39, 0.29) is 24.4 Å². The van der Waals surface area contributed by atoms with Crippen molar-refractivity contribution in [2.45, 2.75) is 38.8 Å². The third kappa shape index (κ3) is 7.57. The molecule has 0 unspecified atom stereocenters. The molecule has 0 aromatic carbocycles. The van der Waals surface area contributed by atoms with Gasteiger partial charge in [-0.05, 0) is 38.7 Å². The summed E-state index contributed by atoms with van der Waals surface area (Å²) in [5, 5.41) is 12.1. The van der Waals surface area contributed by atoms with Crippen molar-refractivity contribution in [2.75, 3.05) is 50.7 Å². The number of carbonyl (C=O) groups excluding carboxylic acids is 1. The summed E-state index contributed by atoms with van der Waals surface area (Å²) in [6.45, 7) is 5.67. The highest BCUT2D eigenvalue weighted by Gasteiger charge is 2.24. The maximum atomic E-state index is 12.8. The number of hydrogen-bond acceptors (Lipinski definition) is 11. The van der Waals surface area contributed by atoms with Gasteiger partial charge in [-0.2, -0.15) is 9.97 Å². The Kier molecular flexibility index (Phi) is 9.72. The number of amides is 1. The average molecular weight is 555 g/mol. The Morgan fingerprint density at radius 2 is 2.00 bits per heavy atom. The Balaban J connectivity index is 1.40. The Hall–Kier alpha value is -3.97. The minimum absolute atomic E-state index is 0.102. The van der Waals surface area contributed by atoms with Crippen molar-refractivity contribution in [1.29, 1.82) is 0 Å². The number of nitrogens with zero attached hydrogens (tertiary/aromatic N) is 6. The Labute approximate surface area is 233 Å². The standard InChI is InChI=1S/C27H38N8O5/c1-17(13-36)31-26(37)21-10-24(33-27(32-21)40-18(2)14-38-4)35-7-5-19(6-8-35)15-39-23-9-20(11-29-25(23)28)22-12-34(3)16-30-22/h9-12,16-19,36H,5-8,13-15H2,1-4H3,(H2,28,29)(H,31,37)/t17-,18-/m1/s1. The van der Waals surface area contributed by atoms with Gasteiger partial charge in [-0.3, -0.25) is 4.79 Å². The number of carbonyl (C=O) groups is 1. The highest BCUT2D eigenvalue weighted by atomic mass is 16.5. The second kappa shape index (κ2) is 13.4. The van der Waals surface area contributed by atoms with Gasteiger partial charge in [-0.15, -0.1) is 0 Å². The molecule has 0 radical (unpaired) electrons. The van der Waals surface area contributed by atoms with Gasteiger partial charge < -0.3 is 39.8 Å². The second-order valence-electron chi connectivity index (χ2n) is 10.1. The molecule has 0 bridgehead atoms. The number of piperidine rings is 1. The number of aromatic nitrogens is 5. The first-order chi connectivity index (χ1) is 19.2. The molecule has 4 heterocycles. The lowest BCUT2D eigenvalue weighted by molar-refractivity contribution is 0.0839. The van der Waals surface area contributed by atoms with Crippen LogP contribution in [-0.2, 0) is 11.8 Å². The number of nitrogens with two attached hydrogens (primary N) is 1. The molecule has 4 N–H and O–H groups in total. The molecule has 216 valence electrons. The summed E-state index contributed by atoms with van der Waals surface area (Å²) < 4.78 is 18.9. The molecule has 1 saturated heterocycles. The number of anilines is 2. The smallest absolute Gasteiger partial charge is 0.319 e. The fourth-order valence-electron chi connectivity index (χ4n) is 4.35. The molecule has 0 spiro atoms. The van der Waals surface area contributed by atoms with Crippen molar-refractivity contribution < 1.29 is 24.1 Å². The van der Waals surface area contributed by atoms with Crippen LogP contribution in [0.25, 0.3) is 11.3 Å². The van der Waals surface area contributed by atoms with Crippen LogP contribution in [0.3, 0.4) is 0 Å². The maximum absolute atomic E-state index is 12.8. The molecule has 1 aliphatic rings. The SMILES string of the molecule is COC[C@@H](C)Oc1nc(C(=O)N[C@H](C)CO)cc(N2CCC(COc3cc(-c4cn(C)cn4)cnc3N)CC2)n1. The molecule has 1 fully saturated rings. The van der Waals surface area contributed by atoms with Crippen LogP contribution < -0.4 is 25.4 Å². The molecule has 40 heavy (non-hydrogen) atoms. The number of methoxy groups -OCH3 is 1. The molecule has 1 amide bonds. The van der Waals surface area contributed by atoms with Crippen LogP contribution in [0.4, 0.5) is 11.6 Å². The number of pyridine rings is 1. The van der Waals surface area contributed by atoms with E-state index in [1.807, 2.05) is 30.8 Å². The number of imidazole rings is 1. The van der Waals surface area contributed by atoms with Gasteiger partial charge in [-0.25, -0.2) is 9.97 Å². The summed E-state index contributed by atoms with van der Waals surface area (Å²) >= 11 is 0. The predicted molar refractivity (Wildman–Crippen MR) is 149 cm³/mol. The third-order valence-electron chi connectivity index (χ3n) is 6.58.